The molecule has 0 fully saturated rings. The van der Waals surface area contributed by atoms with Crippen molar-refractivity contribution in [3.05, 3.63) is 59.7 Å². The zero-order valence-corrected chi connectivity index (χ0v) is 10.9. The Labute approximate surface area is 116 Å². The van der Waals surface area contributed by atoms with Gasteiger partial charge in [-0.3, -0.25) is 0 Å². The van der Waals surface area contributed by atoms with E-state index in [1.165, 1.54) is 24.3 Å². The average Bonchev–Trinajstić information content (AvgIpc) is 2.40. The highest BCUT2D eigenvalue weighted by molar-refractivity contribution is 6.58. The van der Waals surface area contributed by atoms with Crippen LogP contribution >= 0.6 is 0 Å². The minimum Gasteiger partial charge on any atom is -0.423 e. The van der Waals surface area contributed by atoms with Crippen molar-refractivity contribution in [1.82, 2.24) is 0 Å². The number of nitrogens with zero attached hydrogens (tertiary/aromatic N) is 1. The van der Waals surface area contributed by atoms with Gasteiger partial charge in [0.15, 0.2) is 0 Å². The van der Waals surface area contributed by atoms with Crippen LogP contribution in [0.4, 0.5) is 14.5 Å². The van der Waals surface area contributed by atoms with Gasteiger partial charge in [-0.1, -0.05) is 18.2 Å². The van der Waals surface area contributed by atoms with Crippen molar-refractivity contribution in [2.45, 2.75) is 6.54 Å². The van der Waals surface area contributed by atoms with Crippen molar-refractivity contribution in [1.29, 1.82) is 0 Å². The van der Waals surface area contributed by atoms with Crippen LogP contribution in [0.2, 0.25) is 0 Å². The summed E-state index contributed by atoms with van der Waals surface area (Å²) >= 11 is 0. The number of hydrogen-bond donors (Lipinski definition) is 2. The molecule has 0 amide bonds. The molecule has 0 saturated carbocycles. The third-order valence-electron chi connectivity index (χ3n) is 3.03. The molecular formula is C14H14BF2NO2. The van der Waals surface area contributed by atoms with E-state index in [1.807, 2.05) is 0 Å². The average molecular weight is 277 g/mol. The molecule has 0 bridgehead atoms. The van der Waals surface area contributed by atoms with Gasteiger partial charge in [-0.2, -0.15) is 0 Å². The maximum atomic E-state index is 13.8. The smallest absolute Gasteiger partial charge is 0.423 e. The number of halogens is 2. The van der Waals surface area contributed by atoms with E-state index in [9.17, 15) is 8.78 Å². The highest BCUT2D eigenvalue weighted by Crippen LogP contribution is 2.17. The third-order valence-corrected chi connectivity index (χ3v) is 3.03. The molecule has 0 aromatic heterocycles. The van der Waals surface area contributed by atoms with Crippen LogP contribution in [0.15, 0.2) is 42.5 Å². The maximum Gasteiger partial charge on any atom is 0.488 e. The molecule has 0 atom stereocenters. The minimum atomic E-state index is -1.69. The van der Waals surface area contributed by atoms with Gasteiger partial charge in [-0.05, 0) is 29.7 Å². The quantitative estimate of drug-likeness (QED) is 0.827. The molecule has 104 valence electrons. The summed E-state index contributed by atoms with van der Waals surface area (Å²) in [5.74, 6) is -0.882. The van der Waals surface area contributed by atoms with E-state index in [0.29, 0.717) is 11.3 Å². The standard InChI is InChI=1S/C14H14BF2NO2/c1-18(13-4-2-3-12(16)8-13)9-10-5-6-11(15(19)20)7-14(10)17/h2-8,19-20H,9H2,1H3. The highest BCUT2D eigenvalue weighted by Gasteiger charge is 2.14. The molecule has 0 spiro atoms. The summed E-state index contributed by atoms with van der Waals surface area (Å²) in [5, 5.41) is 17.9. The summed E-state index contributed by atoms with van der Waals surface area (Å²) in [5.41, 5.74) is 1.12. The second-order valence-electron chi connectivity index (χ2n) is 4.56. The first-order valence-corrected chi connectivity index (χ1v) is 6.08. The van der Waals surface area contributed by atoms with Gasteiger partial charge in [0.05, 0.1) is 0 Å². The van der Waals surface area contributed by atoms with Crippen LogP contribution in [0.3, 0.4) is 0 Å². The summed E-state index contributed by atoms with van der Waals surface area (Å²) in [6.07, 6.45) is 0. The SMILES string of the molecule is CN(Cc1ccc(B(O)O)cc1F)c1cccc(F)c1. The number of hydrogen-bond acceptors (Lipinski definition) is 3. The molecule has 0 heterocycles. The number of anilines is 1. The van der Waals surface area contributed by atoms with Crippen LogP contribution in [0.25, 0.3) is 0 Å². The summed E-state index contributed by atoms with van der Waals surface area (Å²) in [6, 6.07) is 10.0. The second-order valence-corrected chi connectivity index (χ2v) is 4.56. The Morgan fingerprint density at radius 1 is 1.10 bits per heavy atom. The van der Waals surface area contributed by atoms with E-state index in [4.69, 9.17) is 10.0 Å². The molecule has 20 heavy (non-hydrogen) atoms. The molecule has 0 aliphatic rings. The predicted octanol–water partition coefficient (Wildman–Crippen LogP) is 1.28. The lowest BCUT2D eigenvalue weighted by Crippen LogP contribution is -2.30. The van der Waals surface area contributed by atoms with Crippen LogP contribution in [-0.4, -0.2) is 24.2 Å². The molecule has 0 aliphatic carbocycles. The van der Waals surface area contributed by atoms with E-state index in [2.05, 4.69) is 0 Å². The van der Waals surface area contributed by atoms with Crippen LogP contribution in [-0.2, 0) is 6.54 Å². The molecular weight excluding hydrogens is 263 g/mol. The minimum absolute atomic E-state index is 0.0969. The third kappa shape index (κ3) is 3.34. The Morgan fingerprint density at radius 3 is 2.45 bits per heavy atom. The van der Waals surface area contributed by atoms with Crippen LogP contribution < -0.4 is 10.4 Å². The fraction of sp³-hybridized carbons (Fsp3) is 0.143. The monoisotopic (exact) mass is 277 g/mol. The summed E-state index contributed by atoms with van der Waals surface area (Å²) in [7, 11) is 0.0303. The number of rotatable bonds is 4. The van der Waals surface area contributed by atoms with E-state index in [-0.39, 0.29) is 17.8 Å². The van der Waals surface area contributed by atoms with Gasteiger partial charge in [-0.25, -0.2) is 8.78 Å². The Balaban J connectivity index is 2.17. The van der Waals surface area contributed by atoms with Gasteiger partial charge in [-0.15, -0.1) is 0 Å². The first-order valence-electron chi connectivity index (χ1n) is 6.08. The van der Waals surface area contributed by atoms with Crippen LogP contribution in [0.5, 0.6) is 0 Å². The van der Waals surface area contributed by atoms with Gasteiger partial charge < -0.3 is 14.9 Å². The Hall–Kier alpha value is -1.92. The lowest BCUT2D eigenvalue weighted by Gasteiger charge is -2.20. The van der Waals surface area contributed by atoms with Crippen molar-refractivity contribution in [3.63, 3.8) is 0 Å². The molecule has 6 heteroatoms. The van der Waals surface area contributed by atoms with Gasteiger partial charge in [0.25, 0.3) is 0 Å². The zero-order valence-electron chi connectivity index (χ0n) is 10.9. The first-order chi connectivity index (χ1) is 9.47. The van der Waals surface area contributed by atoms with E-state index < -0.39 is 12.9 Å². The van der Waals surface area contributed by atoms with Crippen molar-refractivity contribution < 1.29 is 18.8 Å². The molecule has 0 unspecified atom stereocenters. The number of benzene rings is 2. The predicted molar refractivity (Wildman–Crippen MR) is 74.7 cm³/mol. The molecule has 0 radical (unpaired) electrons. The van der Waals surface area contributed by atoms with E-state index >= 15 is 0 Å². The second kappa shape index (κ2) is 6.03. The van der Waals surface area contributed by atoms with Crippen LogP contribution in [0.1, 0.15) is 5.56 Å². The molecule has 0 aliphatic heterocycles. The van der Waals surface area contributed by atoms with Crippen molar-refractivity contribution in [3.8, 4) is 0 Å². The van der Waals surface area contributed by atoms with Gasteiger partial charge in [0, 0.05) is 24.8 Å². The molecule has 0 saturated heterocycles. The van der Waals surface area contributed by atoms with Crippen LogP contribution in [0, 0.1) is 11.6 Å². The van der Waals surface area contributed by atoms with Gasteiger partial charge in [0.1, 0.15) is 11.6 Å². The van der Waals surface area contributed by atoms with E-state index in [1.54, 1.807) is 24.1 Å². The highest BCUT2D eigenvalue weighted by atomic mass is 19.1. The first kappa shape index (κ1) is 14.5. The fourth-order valence-electron chi connectivity index (χ4n) is 1.91. The van der Waals surface area contributed by atoms with Gasteiger partial charge in [0.2, 0.25) is 0 Å². The Morgan fingerprint density at radius 2 is 1.85 bits per heavy atom. The van der Waals surface area contributed by atoms with Gasteiger partial charge >= 0.3 is 7.12 Å². The summed E-state index contributed by atoms with van der Waals surface area (Å²) in [6.45, 7) is 0.247. The molecule has 2 rings (SSSR count). The molecule has 2 N–H and O–H groups in total. The lowest BCUT2D eigenvalue weighted by molar-refractivity contribution is 0.425. The maximum absolute atomic E-state index is 13.8. The van der Waals surface area contributed by atoms with E-state index in [0.717, 1.165) is 6.07 Å². The fourth-order valence-corrected chi connectivity index (χ4v) is 1.91. The Bertz CT molecular complexity index is 607. The summed E-state index contributed by atoms with van der Waals surface area (Å²) < 4.78 is 27.0. The Kier molecular flexibility index (Phi) is 4.37. The summed E-state index contributed by atoms with van der Waals surface area (Å²) in [4.78, 5) is 1.70. The topological polar surface area (TPSA) is 43.7 Å². The van der Waals surface area contributed by atoms with Crippen molar-refractivity contribution >= 4 is 18.3 Å². The molecule has 3 nitrogen and oxygen atoms in total. The van der Waals surface area contributed by atoms with Crippen molar-refractivity contribution in [2.24, 2.45) is 0 Å². The normalized spacial score (nSPS) is 10.4. The van der Waals surface area contributed by atoms with Crippen molar-refractivity contribution in [2.75, 3.05) is 11.9 Å². The molecule has 2 aromatic rings. The lowest BCUT2D eigenvalue weighted by atomic mass is 9.80. The molecule has 2 aromatic carbocycles. The largest absolute Gasteiger partial charge is 0.488 e. The zero-order chi connectivity index (χ0) is 14.7.